The van der Waals surface area contributed by atoms with Crippen molar-refractivity contribution in [1.29, 1.82) is 0 Å². The minimum Gasteiger partial charge on any atom is -0.365 e. The van der Waals surface area contributed by atoms with E-state index in [1.54, 1.807) is 36.1 Å². The van der Waals surface area contributed by atoms with Crippen LogP contribution in [0.3, 0.4) is 0 Å². The van der Waals surface area contributed by atoms with Gasteiger partial charge in [-0.1, -0.05) is 26.0 Å². The van der Waals surface area contributed by atoms with Gasteiger partial charge in [-0.2, -0.15) is 9.40 Å². The zero-order valence-corrected chi connectivity index (χ0v) is 16.7. The number of aromatic nitrogens is 2. The quantitative estimate of drug-likeness (QED) is 0.846. The second-order valence-corrected chi connectivity index (χ2v) is 9.33. The molecule has 1 atom stereocenters. The van der Waals surface area contributed by atoms with Gasteiger partial charge in [0, 0.05) is 32.3 Å². The van der Waals surface area contributed by atoms with Crippen LogP contribution < -0.4 is 5.73 Å². The molecule has 0 aliphatic carbocycles. The summed E-state index contributed by atoms with van der Waals surface area (Å²) in [5, 5.41) is 4.38. The first-order chi connectivity index (χ1) is 12.7. The third kappa shape index (κ3) is 3.91. The molecule has 0 bridgehead atoms. The molecule has 8 heteroatoms. The zero-order valence-electron chi connectivity index (χ0n) is 15.9. The van der Waals surface area contributed by atoms with Crippen molar-refractivity contribution in [2.75, 3.05) is 13.1 Å². The molecular formula is C19H26N4O3S. The fourth-order valence-corrected chi connectivity index (χ4v) is 5.14. The molecule has 2 aromatic rings. The molecular weight excluding hydrogens is 364 g/mol. The van der Waals surface area contributed by atoms with E-state index in [2.05, 4.69) is 5.10 Å². The SMILES string of the molecule is CC(C)c1cccc(S(=O)(=O)N2CCC[C@@H](c3nn(C)cc3C(N)=O)C2)c1. The Morgan fingerprint density at radius 3 is 2.74 bits per heavy atom. The minimum absolute atomic E-state index is 0.148. The Morgan fingerprint density at radius 1 is 1.33 bits per heavy atom. The van der Waals surface area contributed by atoms with Gasteiger partial charge in [-0.25, -0.2) is 8.42 Å². The molecule has 1 aliphatic heterocycles. The van der Waals surface area contributed by atoms with Gasteiger partial charge in [0.25, 0.3) is 5.91 Å². The molecule has 1 aliphatic rings. The number of aryl methyl sites for hydroxylation is 1. The monoisotopic (exact) mass is 390 g/mol. The summed E-state index contributed by atoms with van der Waals surface area (Å²) in [4.78, 5) is 12.0. The van der Waals surface area contributed by atoms with Gasteiger partial charge in [0.1, 0.15) is 0 Å². The summed E-state index contributed by atoms with van der Waals surface area (Å²) < 4.78 is 29.4. The number of hydrogen-bond acceptors (Lipinski definition) is 4. The molecule has 7 nitrogen and oxygen atoms in total. The lowest BCUT2D eigenvalue weighted by Crippen LogP contribution is -2.39. The summed E-state index contributed by atoms with van der Waals surface area (Å²) in [6, 6.07) is 7.11. The first-order valence-corrected chi connectivity index (χ1v) is 10.6. The molecule has 0 spiro atoms. The van der Waals surface area contributed by atoms with Crippen molar-refractivity contribution >= 4 is 15.9 Å². The van der Waals surface area contributed by atoms with Crippen LogP contribution in [0.25, 0.3) is 0 Å². The smallest absolute Gasteiger partial charge is 0.252 e. The number of amides is 1. The summed E-state index contributed by atoms with van der Waals surface area (Å²) in [5.74, 6) is -0.436. The Bertz CT molecular complexity index is 950. The maximum absolute atomic E-state index is 13.2. The molecule has 0 radical (unpaired) electrons. The average molecular weight is 391 g/mol. The fourth-order valence-electron chi connectivity index (χ4n) is 3.56. The highest BCUT2D eigenvalue weighted by Crippen LogP contribution is 2.31. The van der Waals surface area contributed by atoms with E-state index in [0.717, 1.165) is 12.0 Å². The molecule has 146 valence electrons. The van der Waals surface area contributed by atoms with Crippen LogP contribution in [-0.2, 0) is 17.1 Å². The van der Waals surface area contributed by atoms with Crippen molar-refractivity contribution < 1.29 is 13.2 Å². The number of rotatable bonds is 5. The standard InChI is InChI=1S/C19H26N4O3S/c1-13(2)14-6-4-8-16(10-14)27(25,26)23-9-5-7-15(11-23)18-17(19(20)24)12-22(3)21-18/h4,6,8,10,12-13,15H,5,7,9,11H2,1-3H3,(H2,20,24)/t15-/m1/s1. The van der Waals surface area contributed by atoms with E-state index in [4.69, 9.17) is 5.73 Å². The van der Waals surface area contributed by atoms with E-state index < -0.39 is 15.9 Å². The third-order valence-electron chi connectivity index (χ3n) is 5.06. The molecule has 0 unspecified atom stereocenters. The van der Waals surface area contributed by atoms with Gasteiger partial charge in [-0.05, 0) is 36.5 Å². The lowest BCUT2D eigenvalue weighted by molar-refractivity contribution is 0.0998. The van der Waals surface area contributed by atoms with E-state index in [-0.39, 0.29) is 11.8 Å². The van der Waals surface area contributed by atoms with E-state index >= 15 is 0 Å². The number of piperidine rings is 1. The zero-order chi connectivity index (χ0) is 19.8. The van der Waals surface area contributed by atoms with Crippen molar-refractivity contribution in [1.82, 2.24) is 14.1 Å². The average Bonchev–Trinajstić information content (AvgIpc) is 3.04. The van der Waals surface area contributed by atoms with Crippen molar-refractivity contribution in [2.45, 2.75) is 43.4 Å². The van der Waals surface area contributed by atoms with Crippen molar-refractivity contribution in [2.24, 2.45) is 12.8 Å². The van der Waals surface area contributed by atoms with Crippen LogP contribution in [0.5, 0.6) is 0 Å². The largest absolute Gasteiger partial charge is 0.365 e. The molecule has 0 saturated carbocycles. The van der Waals surface area contributed by atoms with Crippen molar-refractivity contribution in [3.8, 4) is 0 Å². The molecule has 27 heavy (non-hydrogen) atoms. The second kappa shape index (κ2) is 7.44. The topological polar surface area (TPSA) is 98.3 Å². The number of carbonyl (C=O) groups is 1. The Morgan fingerprint density at radius 2 is 2.07 bits per heavy atom. The Kier molecular flexibility index (Phi) is 5.39. The number of benzene rings is 1. The van der Waals surface area contributed by atoms with E-state index in [1.807, 2.05) is 19.9 Å². The van der Waals surface area contributed by atoms with E-state index in [9.17, 15) is 13.2 Å². The number of nitrogens with zero attached hydrogens (tertiary/aromatic N) is 3. The van der Waals surface area contributed by atoms with Gasteiger partial charge in [0.05, 0.1) is 16.2 Å². The van der Waals surface area contributed by atoms with Crippen LogP contribution in [0.4, 0.5) is 0 Å². The highest BCUT2D eigenvalue weighted by Gasteiger charge is 2.33. The van der Waals surface area contributed by atoms with Crippen LogP contribution in [0.2, 0.25) is 0 Å². The lowest BCUT2D eigenvalue weighted by Gasteiger charge is -2.31. The first kappa shape index (κ1) is 19.6. The van der Waals surface area contributed by atoms with Gasteiger partial charge in [0.15, 0.2) is 0 Å². The summed E-state index contributed by atoms with van der Waals surface area (Å²) in [6.45, 7) is 4.83. The Balaban J connectivity index is 1.90. The highest BCUT2D eigenvalue weighted by atomic mass is 32.2. The molecule has 2 N–H and O–H groups in total. The minimum atomic E-state index is -3.60. The van der Waals surface area contributed by atoms with Crippen LogP contribution in [0, 0.1) is 0 Å². The van der Waals surface area contributed by atoms with Gasteiger partial charge < -0.3 is 5.73 Å². The van der Waals surface area contributed by atoms with Gasteiger partial charge in [0.2, 0.25) is 10.0 Å². The maximum atomic E-state index is 13.2. The van der Waals surface area contributed by atoms with Crippen LogP contribution in [0.1, 0.15) is 60.1 Å². The van der Waals surface area contributed by atoms with Crippen LogP contribution in [0.15, 0.2) is 35.4 Å². The predicted molar refractivity (Wildman–Crippen MR) is 103 cm³/mol. The Labute approximate surface area is 160 Å². The summed E-state index contributed by atoms with van der Waals surface area (Å²) in [7, 11) is -1.88. The van der Waals surface area contributed by atoms with E-state index in [0.29, 0.717) is 35.7 Å². The second-order valence-electron chi connectivity index (χ2n) is 7.40. The molecule has 1 saturated heterocycles. The summed E-state index contributed by atoms with van der Waals surface area (Å²) in [6.07, 6.45) is 3.08. The maximum Gasteiger partial charge on any atom is 0.252 e. The summed E-state index contributed by atoms with van der Waals surface area (Å²) in [5.41, 5.74) is 7.41. The normalized spacial score (nSPS) is 18.7. The van der Waals surface area contributed by atoms with Crippen molar-refractivity contribution in [3.05, 3.63) is 47.3 Å². The number of carbonyl (C=O) groups excluding carboxylic acids is 1. The molecule has 1 amide bonds. The third-order valence-corrected chi connectivity index (χ3v) is 6.92. The van der Waals surface area contributed by atoms with Gasteiger partial charge in [-0.15, -0.1) is 0 Å². The van der Waals surface area contributed by atoms with Crippen molar-refractivity contribution in [3.63, 3.8) is 0 Å². The fraction of sp³-hybridized carbons (Fsp3) is 0.474. The number of hydrogen-bond donors (Lipinski definition) is 1. The van der Waals surface area contributed by atoms with Gasteiger partial charge in [-0.3, -0.25) is 9.48 Å². The van der Waals surface area contributed by atoms with Crippen LogP contribution in [-0.4, -0.2) is 41.5 Å². The van der Waals surface area contributed by atoms with Gasteiger partial charge >= 0.3 is 0 Å². The predicted octanol–water partition coefficient (Wildman–Crippen LogP) is 2.21. The first-order valence-electron chi connectivity index (χ1n) is 9.13. The number of primary amides is 1. The number of nitrogens with two attached hydrogens (primary N) is 1. The van der Waals surface area contributed by atoms with Crippen LogP contribution >= 0.6 is 0 Å². The lowest BCUT2D eigenvalue weighted by atomic mass is 9.93. The Hall–Kier alpha value is -2.19. The highest BCUT2D eigenvalue weighted by molar-refractivity contribution is 7.89. The molecule has 1 fully saturated rings. The van der Waals surface area contributed by atoms with E-state index in [1.165, 1.54) is 4.31 Å². The summed E-state index contributed by atoms with van der Waals surface area (Å²) >= 11 is 0. The molecule has 3 rings (SSSR count). The molecule has 1 aromatic carbocycles. The molecule has 2 heterocycles. The number of sulfonamides is 1. The molecule has 1 aromatic heterocycles.